The molecule has 0 atom stereocenters. The van der Waals surface area contributed by atoms with Gasteiger partial charge in [0.1, 0.15) is 0 Å². The number of anilines is 1. The van der Waals surface area contributed by atoms with Crippen LogP contribution in [0.15, 0.2) is 48.5 Å². The fourth-order valence-corrected chi connectivity index (χ4v) is 1.78. The summed E-state index contributed by atoms with van der Waals surface area (Å²) in [5.41, 5.74) is 10.4. The lowest BCUT2D eigenvalue weighted by atomic mass is 9.87. The first-order chi connectivity index (χ1) is 8.97. The van der Waals surface area contributed by atoms with Crippen molar-refractivity contribution in [3.8, 4) is 0 Å². The first-order valence-corrected chi connectivity index (χ1v) is 6.44. The number of hydrogen-bond donors (Lipinski definition) is 3. The van der Waals surface area contributed by atoms with Crippen molar-refractivity contribution >= 4 is 16.7 Å². The van der Waals surface area contributed by atoms with Gasteiger partial charge in [-0.1, -0.05) is 45.0 Å². The summed E-state index contributed by atoms with van der Waals surface area (Å²) >= 11 is 0. The molecule has 3 heteroatoms. The van der Waals surface area contributed by atoms with Crippen LogP contribution in [0.4, 0.5) is 5.69 Å². The number of hydrogen-bond acceptors (Lipinski definition) is 1. The van der Waals surface area contributed by atoms with Gasteiger partial charge in [-0.05, 0) is 35.2 Å². The highest BCUT2D eigenvalue weighted by atomic mass is 15.1. The molecule has 0 fully saturated rings. The highest BCUT2D eigenvalue weighted by Crippen LogP contribution is 2.23. The van der Waals surface area contributed by atoms with Crippen molar-refractivity contribution in [3.05, 3.63) is 54.1 Å². The van der Waals surface area contributed by atoms with Crippen molar-refractivity contribution in [2.45, 2.75) is 26.2 Å². The number of fused-ring (bicyclic) bond motifs is 1. The number of benzene rings is 2. The molecule has 1 heterocycles. The van der Waals surface area contributed by atoms with Gasteiger partial charge >= 0.3 is 0 Å². The van der Waals surface area contributed by atoms with Gasteiger partial charge in [-0.25, -0.2) is 0 Å². The summed E-state index contributed by atoms with van der Waals surface area (Å²) in [5.74, 6) is 0. The Labute approximate surface area is 113 Å². The molecule has 0 saturated heterocycles. The first-order valence-electron chi connectivity index (χ1n) is 6.44. The highest BCUT2D eigenvalue weighted by molar-refractivity contribution is 5.75. The van der Waals surface area contributed by atoms with Crippen molar-refractivity contribution in [1.82, 2.24) is 10.2 Å². The minimum absolute atomic E-state index is 0.204. The third-order valence-corrected chi connectivity index (χ3v) is 3.01. The lowest BCUT2D eigenvalue weighted by Gasteiger charge is -2.18. The number of para-hydroxylation sites is 2. The maximum atomic E-state index is 5.66. The second-order valence-electron chi connectivity index (χ2n) is 5.67. The van der Waals surface area contributed by atoms with Crippen molar-refractivity contribution in [3.63, 3.8) is 0 Å². The van der Waals surface area contributed by atoms with Gasteiger partial charge in [0.2, 0.25) is 0 Å². The fraction of sp³-hybridized carbons (Fsp3) is 0.250. The zero-order valence-electron chi connectivity index (χ0n) is 11.7. The number of rotatable bonds is 0. The van der Waals surface area contributed by atoms with Gasteiger partial charge in [-0.15, -0.1) is 0 Å². The number of nitrogen functional groups attached to an aromatic ring is 1. The molecular formula is C16H21N3. The Morgan fingerprint density at radius 2 is 1.42 bits per heavy atom. The van der Waals surface area contributed by atoms with Crippen molar-refractivity contribution < 1.29 is 0 Å². The molecule has 0 spiro atoms. The Balaban J connectivity index is 0.000000146. The molecule has 3 nitrogen and oxygen atoms in total. The van der Waals surface area contributed by atoms with Gasteiger partial charge in [0.15, 0.2) is 0 Å². The number of H-pyrrole nitrogens is 2. The van der Waals surface area contributed by atoms with E-state index in [1.165, 1.54) is 16.6 Å². The predicted octanol–water partition coefficient (Wildman–Crippen LogP) is 4.06. The average molecular weight is 255 g/mol. The number of aromatic amines is 2. The Kier molecular flexibility index (Phi) is 3.65. The summed E-state index contributed by atoms with van der Waals surface area (Å²) in [5, 5.41) is 5.88. The van der Waals surface area contributed by atoms with Crippen LogP contribution in [0.5, 0.6) is 0 Å². The molecular weight excluding hydrogens is 234 g/mol. The zero-order chi connectivity index (χ0) is 13.9. The third-order valence-electron chi connectivity index (χ3n) is 3.01. The minimum atomic E-state index is 0.204. The molecule has 100 valence electrons. The summed E-state index contributed by atoms with van der Waals surface area (Å²) in [7, 11) is 0. The Hall–Kier alpha value is -2.16. The van der Waals surface area contributed by atoms with E-state index in [1.54, 1.807) is 0 Å². The van der Waals surface area contributed by atoms with Crippen LogP contribution in [0.2, 0.25) is 0 Å². The van der Waals surface area contributed by atoms with Gasteiger partial charge in [0.25, 0.3) is 0 Å². The SMILES string of the molecule is CC(C)(C)c1cccc(N)c1.c1ccc2[nH][nH]c2c1. The van der Waals surface area contributed by atoms with Crippen LogP contribution in [-0.2, 0) is 5.41 Å². The molecule has 3 rings (SSSR count). The first kappa shape index (κ1) is 13.3. The Morgan fingerprint density at radius 3 is 1.74 bits per heavy atom. The van der Waals surface area contributed by atoms with Crippen LogP contribution in [0, 0.1) is 0 Å². The van der Waals surface area contributed by atoms with E-state index in [1.807, 2.05) is 42.5 Å². The second kappa shape index (κ2) is 5.22. The van der Waals surface area contributed by atoms with Crippen LogP contribution in [0.25, 0.3) is 11.0 Å². The lowest BCUT2D eigenvalue weighted by molar-refractivity contribution is 0.590. The van der Waals surface area contributed by atoms with Gasteiger partial charge in [-0.2, -0.15) is 0 Å². The van der Waals surface area contributed by atoms with Gasteiger partial charge < -0.3 is 5.73 Å². The fourth-order valence-electron chi connectivity index (χ4n) is 1.78. The van der Waals surface area contributed by atoms with E-state index < -0.39 is 0 Å². The molecule has 2 aromatic carbocycles. The monoisotopic (exact) mass is 255 g/mol. The lowest BCUT2D eigenvalue weighted by Crippen LogP contribution is -2.10. The van der Waals surface area contributed by atoms with Crippen LogP contribution >= 0.6 is 0 Å². The summed E-state index contributed by atoms with van der Waals surface area (Å²) in [6.07, 6.45) is 0. The van der Waals surface area contributed by atoms with Crippen LogP contribution in [0.1, 0.15) is 26.3 Å². The normalized spacial score (nSPS) is 11.1. The van der Waals surface area contributed by atoms with Crippen molar-refractivity contribution in [2.75, 3.05) is 5.73 Å². The van der Waals surface area contributed by atoms with E-state index in [9.17, 15) is 0 Å². The van der Waals surface area contributed by atoms with Crippen LogP contribution < -0.4 is 5.73 Å². The van der Waals surface area contributed by atoms with Gasteiger partial charge in [-0.3, -0.25) is 10.2 Å². The number of nitrogens with two attached hydrogens (primary N) is 1. The molecule has 0 bridgehead atoms. The summed E-state index contributed by atoms with van der Waals surface area (Å²) in [6, 6.07) is 16.1. The van der Waals surface area contributed by atoms with E-state index >= 15 is 0 Å². The molecule has 3 aromatic rings. The topological polar surface area (TPSA) is 57.6 Å². The van der Waals surface area contributed by atoms with E-state index in [4.69, 9.17) is 5.73 Å². The molecule has 0 amide bonds. The standard InChI is InChI=1S/C10H15N.C6H6N2/c1-10(2,3)8-5-4-6-9(11)7-8;1-2-4-6-5(3-1)7-8-6/h4-7H,11H2,1-3H3;1-4,7-8H. The van der Waals surface area contributed by atoms with E-state index in [2.05, 4.69) is 37.0 Å². The maximum Gasteiger partial charge on any atom is 0.0789 e. The molecule has 0 aliphatic heterocycles. The highest BCUT2D eigenvalue weighted by Gasteiger charge is 2.12. The smallest absolute Gasteiger partial charge is 0.0789 e. The molecule has 0 aliphatic carbocycles. The molecule has 19 heavy (non-hydrogen) atoms. The van der Waals surface area contributed by atoms with Gasteiger partial charge in [0, 0.05) is 5.69 Å². The molecule has 0 radical (unpaired) electrons. The average Bonchev–Trinajstić information content (AvgIpc) is 2.31. The van der Waals surface area contributed by atoms with Crippen molar-refractivity contribution in [2.24, 2.45) is 0 Å². The number of aromatic nitrogens is 2. The quantitative estimate of drug-likeness (QED) is 0.521. The molecule has 1 aromatic heterocycles. The molecule has 0 unspecified atom stereocenters. The molecule has 0 saturated carbocycles. The molecule has 0 aliphatic rings. The largest absolute Gasteiger partial charge is 0.399 e. The van der Waals surface area contributed by atoms with Crippen molar-refractivity contribution in [1.29, 1.82) is 0 Å². The summed E-state index contributed by atoms with van der Waals surface area (Å²) in [6.45, 7) is 6.55. The van der Waals surface area contributed by atoms with Crippen LogP contribution in [0.3, 0.4) is 0 Å². The van der Waals surface area contributed by atoms with E-state index in [0.717, 1.165) is 5.69 Å². The Morgan fingerprint density at radius 1 is 0.842 bits per heavy atom. The van der Waals surface area contributed by atoms with Gasteiger partial charge in [0.05, 0.1) is 11.0 Å². The zero-order valence-corrected chi connectivity index (χ0v) is 11.7. The summed E-state index contributed by atoms with van der Waals surface area (Å²) in [4.78, 5) is 0. The van der Waals surface area contributed by atoms with Crippen LogP contribution in [-0.4, -0.2) is 10.2 Å². The number of nitrogens with one attached hydrogen (secondary N) is 2. The predicted molar refractivity (Wildman–Crippen MR) is 82.2 cm³/mol. The molecule has 4 N–H and O–H groups in total. The van der Waals surface area contributed by atoms with E-state index in [-0.39, 0.29) is 5.41 Å². The summed E-state index contributed by atoms with van der Waals surface area (Å²) < 4.78 is 0. The second-order valence-corrected chi connectivity index (χ2v) is 5.67. The Bertz CT molecular complexity index is 611. The van der Waals surface area contributed by atoms with E-state index in [0.29, 0.717) is 0 Å². The minimum Gasteiger partial charge on any atom is -0.399 e. The maximum absolute atomic E-state index is 5.66. The third kappa shape index (κ3) is 3.41.